The number of hydrogen-bond acceptors (Lipinski definition) is 2. The number of aromatic nitrogens is 2. The van der Waals surface area contributed by atoms with Crippen LogP contribution in [0.1, 0.15) is 17.0 Å². The number of aliphatic hydroxyl groups is 1. The van der Waals surface area contributed by atoms with E-state index in [9.17, 15) is 18.3 Å². The fraction of sp³-hybridized carbons (Fsp3) is 0.357. The molecule has 0 amide bonds. The largest absolute Gasteiger partial charge is 0.416 e. The molecule has 1 aromatic heterocycles. The van der Waals surface area contributed by atoms with Crippen molar-refractivity contribution >= 4 is 0 Å². The molecule has 0 spiro atoms. The summed E-state index contributed by atoms with van der Waals surface area (Å²) in [6.07, 6.45) is -2.07. The summed E-state index contributed by atoms with van der Waals surface area (Å²) in [5, 5.41) is 9.97. The molecule has 2 rings (SSSR count). The van der Waals surface area contributed by atoms with Crippen LogP contribution >= 0.6 is 0 Å². The first kappa shape index (κ1) is 14.6. The lowest BCUT2D eigenvalue weighted by atomic mass is 10.0. The smallest absolute Gasteiger partial charge is 0.391 e. The molecule has 1 N–H and O–H groups in total. The van der Waals surface area contributed by atoms with Crippen molar-refractivity contribution in [3.8, 4) is 0 Å². The van der Waals surface area contributed by atoms with Gasteiger partial charge in [-0.3, -0.25) is 0 Å². The number of hydrogen-bond donors (Lipinski definition) is 1. The Morgan fingerprint density at radius 1 is 1.30 bits per heavy atom. The quantitative estimate of drug-likeness (QED) is 0.937. The first-order valence-corrected chi connectivity index (χ1v) is 6.19. The van der Waals surface area contributed by atoms with Crippen LogP contribution in [0, 0.1) is 6.92 Å². The number of rotatable bonds is 4. The van der Waals surface area contributed by atoms with E-state index < -0.39 is 17.8 Å². The van der Waals surface area contributed by atoms with Gasteiger partial charge in [0.05, 0.1) is 18.2 Å². The van der Waals surface area contributed by atoms with E-state index >= 15 is 0 Å². The van der Waals surface area contributed by atoms with Gasteiger partial charge in [0.15, 0.2) is 0 Å². The van der Waals surface area contributed by atoms with Gasteiger partial charge in [-0.15, -0.1) is 0 Å². The summed E-state index contributed by atoms with van der Waals surface area (Å²) in [7, 11) is 0. The molecule has 3 nitrogen and oxygen atoms in total. The van der Waals surface area contributed by atoms with Gasteiger partial charge < -0.3 is 9.67 Å². The zero-order chi connectivity index (χ0) is 14.8. The molecule has 1 unspecified atom stereocenters. The molecule has 0 aliphatic heterocycles. The van der Waals surface area contributed by atoms with Crippen molar-refractivity contribution in [1.82, 2.24) is 9.55 Å². The maximum absolute atomic E-state index is 12.8. The predicted octanol–water partition coefficient (Wildman–Crippen LogP) is 2.81. The molecule has 0 radical (unpaired) electrons. The second-order valence-corrected chi connectivity index (χ2v) is 4.64. The highest BCUT2D eigenvalue weighted by molar-refractivity contribution is 5.30. The van der Waals surface area contributed by atoms with Crippen LogP contribution in [0.3, 0.4) is 0 Å². The summed E-state index contributed by atoms with van der Waals surface area (Å²) >= 11 is 0. The van der Waals surface area contributed by atoms with Crippen molar-refractivity contribution in [1.29, 1.82) is 0 Å². The molecule has 20 heavy (non-hydrogen) atoms. The molecular formula is C14H15F3N2O. The summed E-state index contributed by atoms with van der Waals surface area (Å²) in [4.78, 5) is 4.01. The fourth-order valence-corrected chi connectivity index (χ4v) is 2.12. The zero-order valence-corrected chi connectivity index (χ0v) is 10.9. The van der Waals surface area contributed by atoms with E-state index in [4.69, 9.17) is 0 Å². The molecule has 0 saturated heterocycles. The van der Waals surface area contributed by atoms with Gasteiger partial charge in [-0.05, 0) is 18.6 Å². The van der Waals surface area contributed by atoms with E-state index in [1.54, 1.807) is 30.0 Å². The molecule has 0 aliphatic rings. The van der Waals surface area contributed by atoms with E-state index in [0.29, 0.717) is 5.82 Å². The number of nitrogens with zero attached hydrogens (tertiary/aromatic N) is 2. The Morgan fingerprint density at radius 2 is 2.00 bits per heavy atom. The van der Waals surface area contributed by atoms with Gasteiger partial charge in [0.1, 0.15) is 5.82 Å². The summed E-state index contributed by atoms with van der Waals surface area (Å²) in [6.45, 7) is 1.99. The molecule has 1 heterocycles. The van der Waals surface area contributed by atoms with Crippen LogP contribution < -0.4 is 0 Å². The lowest BCUT2D eigenvalue weighted by Gasteiger charge is -2.16. The normalized spacial score (nSPS) is 13.4. The summed E-state index contributed by atoms with van der Waals surface area (Å²) in [5.41, 5.74) is -0.591. The van der Waals surface area contributed by atoms with Crippen molar-refractivity contribution in [3.63, 3.8) is 0 Å². The lowest BCUT2D eigenvalue weighted by Crippen LogP contribution is -2.21. The molecule has 108 valence electrons. The molecule has 1 aromatic carbocycles. The third kappa shape index (κ3) is 3.39. The average molecular weight is 284 g/mol. The van der Waals surface area contributed by atoms with E-state index in [0.717, 1.165) is 6.07 Å². The van der Waals surface area contributed by atoms with Crippen LogP contribution in [0.2, 0.25) is 0 Å². The number of benzene rings is 1. The van der Waals surface area contributed by atoms with E-state index in [-0.39, 0.29) is 18.5 Å². The van der Waals surface area contributed by atoms with Gasteiger partial charge in [0.25, 0.3) is 0 Å². The monoisotopic (exact) mass is 284 g/mol. The Bertz CT molecular complexity index is 578. The van der Waals surface area contributed by atoms with Gasteiger partial charge in [-0.2, -0.15) is 13.2 Å². The Balaban J connectivity index is 2.12. The van der Waals surface area contributed by atoms with Crippen LogP contribution in [0.5, 0.6) is 0 Å². The zero-order valence-electron chi connectivity index (χ0n) is 10.9. The van der Waals surface area contributed by atoms with Crippen molar-refractivity contribution in [2.45, 2.75) is 32.2 Å². The summed E-state index contributed by atoms with van der Waals surface area (Å²) in [6, 6.07) is 5.32. The molecule has 1 atom stereocenters. The average Bonchev–Trinajstić information content (AvgIpc) is 2.74. The van der Waals surface area contributed by atoms with Gasteiger partial charge >= 0.3 is 6.18 Å². The van der Waals surface area contributed by atoms with Crippen LogP contribution in [0.15, 0.2) is 36.7 Å². The van der Waals surface area contributed by atoms with Gasteiger partial charge in [0, 0.05) is 18.8 Å². The summed E-state index contributed by atoms with van der Waals surface area (Å²) in [5.74, 6) is 0.716. The van der Waals surface area contributed by atoms with Crippen molar-refractivity contribution in [2.24, 2.45) is 0 Å². The highest BCUT2D eigenvalue weighted by Gasteiger charge is 2.33. The second kappa shape index (κ2) is 5.66. The van der Waals surface area contributed by atoms with E-state index in [2.05, 4.69) is 4.98 Å². The van der Waals surface area contributed by atoms with Crippen LogP contribution in [-0.4, -0.2) is 20.8 Å². The molecular weight excluding hydrogens is 269 g/mol. The van der Waals surface area contributed by atoms with Crippen molar-refractivity contribution < 1.29 is 18.3 Å². The summed E-state index contributed by atoms with van der Waals surface area (Å²) < 4.78 is 40.2. The Labute approximate surface area is 114 Å². The standard InChI is InChI=1S/C14H15F3N2O/c1-10-18-6-7-19(10)9-12(20)8-11-4-2-3-5-13(11)14(15,16)17/h2-7,12,20H,8-9H2,1H3. The van der Waals surface area contributed by atoms with Crippen LogP contribution in [0.4, 0.5) is 13.2 Å². The van der Waals surface area contributed by atoms with Crippen molar-refractivity contribution in [3.05, 3.63) is 53.6 Å². The molecule has 6 heteroatoms. The lowest BCUT2D eigenvalue weighted by molar-refractivity contribution is -0.138. The Kier molecular flexibility index (Phi) is 4.13. The molecule has 0 fully saturated rings. The highest BCUT2D eigenvalue weighted by Crippen LogP contribution is 2.32. The SMILES string of the molecule is Cc1nccn1CC(O)Cc1ccccc1C(F)(F)F. The minimum Gasteiger partial charge on any atom is -0.391 e. The minimum atomic E-state index is -4.40. The van der Waals surface area contributed by atoms with Gasteiger partial charge in [-0.1, -0.05) is 18.2 Å². The van der Waals surface area contributed by atoms with Gasteiger partial charge in [-0.25, -0.2) is 4.98 Å². The minimum absolute atomic E-state index is 0.0483. The van der Waals surface area contributed by atoms with Gasteiger partial charge in [0.2, 0.25) is 0 Å². The highest BCUT2D eigenvalue weighted by atomic mass is 19.4. The van der Waals surface area contributed by atoms with E-state index in [1.165, 1.54) is 12.1 Å². The second-order valence-electron chi connectivity index (χ2n) is 4.64. The Morgan fingerprint density at radius 3 is 2.60 bits per heavy atom. The van der Waals surface area contributed by atoms with Crippen molar-refractivity contribution in [2.75, 3.05) is 0 Å². The molecule has 0 aliphatic carbocycles. The maximum Gasteiger partial charge on any atom is 0.416 e. The number of halogens is 3. The maximum atomic E-state index is 12.8. The van der Waals surface area contributed by atoms with Crippen LogP contribution in [-0.2, 0) is 19.1 Å². The first-order valence-electron chi connectivity index (χ1n) is 6.19. The third-order valence-electron chi connectivity index (χ3n) is 3.11. The predicted molar refractivity (Wildman–Crippen MR) is 68.1 cm³/mol. The fourth-order valence-electron chi connectivity index (χ4n) is 2.12. The van der Waals surface area contributed by atoms with Crippen LogP contribution in [0.25, 0.3) is 0 Å². The topological polar surface area (TPSA) is 38.0 Å². The first-order chi connectivity index (χ1) is 9.38. The Hall–Kier alpha value is -1.82. The van der Waals surface area contributed by atoms with E-state index in [1.807, 2.05) is 0 Å². The number of alkyl halides is 3. The number of aliphatic hydroxyl groups excluding tert-OH is 1. The molecule has 0 saturated carbocycles. The third-order valence-corrected chi connectivity index (χ3v) is 3.11. The molecule has 0 bridgehead atoms. The number of imidazole rings is 1. The molecule has 2 aromatic rings. The number of aryl methyl sites for hydroxylation is 1.